The molecule has 1 aliphatic rings. The molecule has 1 aromatic carbocycles. The van der Waals surface area contributed by atoms with Crippen LogP contribution < -0.4 is 10.6 Å². The summed E-state index contributed by atoms with van der Waals surface area (Å²) in [5.74, 6) is 0. The van der Waals surface area contributed by atoms with Crippen molar-refractivity contribution >= 4 is 17.3 Å². The van der Waals surface area contributed by atoms with Gasteiger partial charge in [-0.25, -0.2) is 0 Å². The first kappa shape index (κ1) is 14.6. The van der Waals surface area contributed by atoms with E-state index in [2.05, 4.69) is 36.0 Å². The van der Waals surface area contributed by atoms with Crippen LogP contribution in [0.15, 0.2) is 18.2 Å². The smallest absolute Gasteiger partial charge is 0.0643 e. The third-order valence-electron chi connectivity index (χ3n) is 3.76. The zero-order valence-electron chi connectivity index (χ0n) is 12.1. The van der Waals surface area contributed by atoms with Gasteiger partial charge in [-0.05, 0) is 51.6 Å². The molecule has 1 aromatic rings. The number of nitrogens with zero attached hydrogens (tertiary/aromatic N) is 2. The third-order valence-corrected chi connectivity index (χ3v) is 4.06. The van der Waals surface area contributed by atoms with Crippen molar-refractivity contribution in [2.24, 2.45) is 5.73 Å². The Morgan fingerprint density at radius 3 is 2.79 bits per heavy atom. The van der Waals surface area contributed by atoms with E-state index in [1.807, 2.05) is 13.0 Å². The maximum absolute atomic E-state index is 6.44. The normalized spacial score (nSPS) is 21.2. The molecule has 3 nitrogen and oxygen atoms in total. The fourth-order valence-corrected chi connectivity index (χ4v) is 3.10. The van der Waals surface area contributed by atoms with Crippen molar-refractivity contribution < 1.29 is 0 Å². The quantitative estimate of drug-likeness (QED) is 0.921. The van der Waals surface area contributed by atoms with E-state index in [1.165, 1.54) is 12.8 Å². The molecule has 0 aliphatic carbocycles. The van der Waals surface area contributed by atoms with Crippen LogP contribution in [0.25, 0.3) is 0 Å². The van der Waals surface area contributed by atoms with Crippen molar-refractivity contribution in [2.75, 3.05) is 32.1 Å². The molecule has 0 radical (unpaired) electrons. The first-order valence-electron chi connectivity index (χ1n) is 6.95. The van der Waals surface area contributed by atoms with Gasteiger partial charge in [-0.1, -0.05) is 17.7 Å². The Hall–Kier alpha value is -0.770. The second kappa shape index (κ2) is 6.12. The molecule has 0 aromatic heterocycles. The largest absolute Gasteiger partial charge is 0.366 e. The monoisotopic (exact) mass is 281 g/mol. The van der Waals surface area contributed by atoms with Crippen LogP contribution in [-0.4, -0.2) is 38.1 Å². The topological polar surface area (TPSA) is 32.5 Å². The highest BCUT2D eigenvalue weighted by Crippen LogP contribution is 2.33. The number of nitrogens with two attached hydrogens (primary N) is 1. The van der Waals surface area contributed by atoms with Gasteiger partial charge in [0, 0.05) is 25.2 Å². The van der Waals surface area contributed by atoms with E-state index < -0.39 is 0 Å². The molecule has 1 aliphatic heterocycles. The molecule has 1 heterocycles. The van der Waals surface area contributed by atoms with Crippen LogP contribution in [0.4, 0.5) is 5.69 Å². The summed E-state index contributed by atoms with van der Waals surface area (Å²) in [6.07, 6.45) is 2.48. The highest BCUT2D eigenvalue weighted by atomic mass is 35.5. The number of rotatable bonds is 4. The van der Waals surface area contributed by atoms with Crippen LogP contribution in [0.1, 0.15) is 31.4 Å². The van der Waals surface area contributed by atoms with Crippen LogP contribution in [0.2, 0.25) is 5.02 Å². The Kier molecular flexibility index (Phi) is 4.71. The van der Waals surface area contributed by atoms with Crippen molar-refractivity contribution in [3.63, 3.8) is 0 Å². The predicted octanol–water partition coefficient (Wildman–Crippen LogP) is 2.89. The first-order valence-corrected chi connectivity index (χ1v) is 7.33. The second-order valence-electron chi connectivity index (χ2n) is 5.75. The Morgan fingerprint density at radius 1 is 1.47 bits per heavy atom. The number of benzene rings is 1. The van der Waals surface area contributed by atoms with Gasteiger partial charge in [-0.15, -0.1) is 0 Å². The van der Waals surface area contributed by atoms with Crippen LogP contribution >= 0.6 is 11.6 Å². The highest BCUT2D eigenvalue weighted by molar-refractivity contribution is 6.33. The molecule has 4 heteroatoms. The molecule has 0 amide bonds. The Morgan fingerprint density at radius 2 is 2.21 bits per heavy atom. The summed E-state index contributed by atoms with van der Waals surface area (Å²) in [4.78, 5) is 4.68. The van der Waals surface area contributed by atoms with Gasteiger partial charge < -0.3 is 15.5 Å². The number of halogens is 1. The SMILES string of the molecule is C[C@H](N)c1ccc(N2CCCC2CN(C)C)c(Cl)c1. The fraction of sp³-hybridized carbons (Fsp3) is 0.600. The molecule has 2 rings (SSSR count). The minimum Gasteiger partial charge on any atom is -0.366 e. The lowest BCUT2D eigenvalue weighted by Crippen LogP contribution is -2.37. The van der Waals surface area contributed by atoms with Crippen molar-refractivity contribution in [3.05, 3.63) is 28.8 Å². The molecular weight excluding hydrogens is 258 g/mol. The minimum absolute atomic E-state index is 0.0303. The zero-order valence-corrected chi connectivity index (χ0v) is 12.8. The number of anilines is 1. The standard InChI is InChI=1S/C15H24ClN3/c1-11(17)12-6-7-15(14(16)9-12)19-8-4-5-13(19)10-18(2)3/h6-7,9,11,13H,4-5,8,10,17H2,1-3H3/t11-,13?/m0/s1. The molecule has 0 saturated carbocycles. The molecule has 2 atom stereocenters. The van der Waals surface area contributed by atoms with Crippen molar-refractivity contribution in [1.29, 1.82) is 0 Å². The lowest BCUT2D eigenvalue weighted by molar-refractivity contribution is 0.372. The van der Waals surface area contributed by atoms with Gasteiger partial charge in [0.05, 0.1) is 10.7 Å². The highest BCUT2D eigenvalue weighted by Gasteiger charge is 2.26. The van der Waals surface area contributed by atoms with Crippen molar-refractivity contribution in [2.45, 2.75) is 31.8 Å². The maximum Gasteiger partial charge on any atom is 0.0643 e. The third kappa shape index (κ3) is 3.41. The van der Waals surface area contributed by atoms with E-state index in [0.29, 0.717) is 6.04 Å². The Balaban J connectivity index is 2.21. The van der Waals surface area contributed by atoms with Gasteiger partial charge in [-0.3, -0.25) is 0 Å². The van der Waals surface area contributed by atoms with E-state index in [0.717, 1.165) is 29.4 Å². The van der Waals surface area contributed by atoms with Crippen LogP contribution in [0.3, 0.4) is 0 Å². The van der Waals surface area contributed by atoms with Gasteiger partial charge in [0.1, 0.15) is 0 Å². The first-order chi connectivity index (χ1) is 8.99. The molecule has 1 unspecified atom stereocenters. The van der Waals surface area contributed by atoms with Crippen LogP contribution in [-0.2, 0) is 0 Å². The molecule has 1 saturated heterocycles. The van der Waals surface area contributed by atoms with Gasteiger partial charge in [-0.2, -0.15) is 0 Å². The average Bonchev–Trinajstić information content (AvgIpc) is 2.75. The zero-order chi connectivity index (χ0) is 14.0. The van der Waals surface area contributed by atoms with Crippen molar-refractivity contribution in [1.82, 2.24) is 4.90 Å². The fourth-order valence-electron chi connectivity index (χ4n) is 2.80. The van der Waals surface area contributed by atoms with Gasteiger partial charge >= 0.3 is 0 Å². The number of hydrogen-bond acceptors (Lipinski definition) is 3. The van der Waals surface area contributed by atoms with Crippen molar-refractivity contribution in [3.8, 4) is 0 Å². The van der Waals surface area contributed by atoms with Gasteiger partial charge in [0.15, 0.2) is 0 Å². The number of likely N-dealkylation sites (N-methyl/N-ethyl adjacent to an activating group) is 1. The Bertz CT molecular complexity index is 431. The average molecular weight is 282 g/mol. The summed E-state index contributed by atoms with van der Waals surface area (Å²) in [5, 5.41) is 0.820. The number of hydrogen-bond donors (Lipinski definition) is 1. The van der Waals surface area contributed by atoms with Gasteiger partial charge in [0.25, 0.3) is 0 Å². The molecule has 2 N–H and O–H groups in total. The summed E-state index contributed by atoms with van der Waals surface area (Å²) in [5.41, 5.74) is 8.14. The summed E-state index contributed by atoms with van der Waals surface area (Å²) in [6.45, 7) is 4.15. The minimum atomic E-state index is 0.0303. The van der Waals surface area contributed by atoms with E-state index in [4.69, 9.17) is 17.3 Å². The maximum atomic E-state index is 6.44. The van der Waals surface area contributed by atoms with Gasteiger partial charge in [0.2, 0.25) is 0 Å². The van der Waals surface area contributed by atoms with E-state index in [9.17, 15) is 0 Å². The predicted molar refractivity (Wildman–Crippen MR) is 83.0 cm³/mol. The van der Waals surface area contributed by atoms with Crippen LogP contribution in [0, 0.1) is 0 Å². The Labute approximate surface area is 121 Å². The molecular formula is C15H24ClN3. The van der Waals surface area contributed by atoms with Crippen LogP contribution in [0.5, 0.6) is 0 Å². The second-order valence-corrected chi connectivity index (χ2v) is 6.16. The molecule has 106 valence electrons. The van der Waals surface area contributed by atoms with E-state index in [-0.39, 0.29) is 6.04 Å². The summed E-state index contributed by atoms with van der Waals surface area (Å²) < 4.78 is 0. The van der Waals surface area contributed by atoms with E-state index >= 15 is 0 Å². The lowest BCUT2D eigenvalue weighted by Gasteiger charge is -2.30. The molecule has 19 heavy (non-hydrogen) atoms. The van der Waals surface area contributed by atoms with E-state index in [1.54, 1.807) is 0 Å². The molecule has 1 fully saturated rings. The lowest BCUT2D eigenvalue weighted by atomic mass is 10.1. The molecule has 0 bridgehead atoms. The molecule has 0 spiro atoms. The summed E-state index contributed by atoms with van der Waals surface area (Å²) in [6, 6.07) is 6.81. The summed E-state index contributed by atoms with van der Waals surface area (Å²) in [7, 11) is 4.24. The summed E-state index contributed by atoms with van der Waals surface area (Å²) >= 11 is 6.44.